The number of sulfonamides is 1. The van der Waals surface area contributed by atoms with Gasteiger partial charge in [-0.1, -0.05) is 17.3 Å². The number of carbonyl (C=O) groups excluding carboxylic acids is 1. The van der Waals surface area contributed by atoms with E-state index in [1.54, 1.807) is 68.4 Å². The summed E-state index contributed by atoms with van der Waals surface area (Å²) < 4.78 is 36.2. The topological polar surface area (TPSA) is 146 Å². The normalized spacial score (nSPS) is 11.4. The highest BCUT2D eigenvalue weighted by atomic mass is 32.2. The number of benzene rings is 2. The smallest absolute Gasteiger partial charge is 0.261 e. The third-order valence-corrected chi connectivity index (χ3v) is 5.93. The zero-order valence-corrected chi connectivity index (χ0v) is 19.5. The van der Waals surface area contributed by atoms with E-state index >= 15 is 0 Å². The van der Waals surface area contributed by atoms with E-state index in [2.05, 4.69) is 15.2 Å². The Labute approximate surface area is 195 Å². The molecule has 34 heavy (non-hydrogen) atoms. The van der Waals surface area contributed by atoms with Crippen molar-refractivity contribution >= 4 is 15.9 Å². The minimum Gasteiger partial charge on any atom is -0.487 e. The molecule has 0 saturated carbocycles. The van der Waals surface area contributed by atoms with E-state index in [1.165, 1.54) is 17.0 Å². The summed E-state index contributed by atoms with van der Waals surface area (Å²) in [5, 5.41) is 13.4. The summed E-state index contributed by atoms with van der Waals surface area (Å²) in [6.45, 7) is 0.158. The molecule has 12 heteroatoms. The lowest BCUT2D eigenvalue weighted by atomic mass is 10.2. The van der Waals surface area contributed by atoms with Gasteiger partial charge in [0.1, 0.15) is 12.4 Å². The monoisotopic (exact) mass is 482 g/mol. The van der Waals surface area contributed by atoms with Crippen LogP contribution in [0.2, 0.25) is 0 Å². The van der Waals surface area contributed by atoms with Gasteiger partial charge in [0.25, 0.3) is 11.8 Å². The van der Waals surface area contributed by atoms with E-state index in [0.29, 0.717) is 28.1 Å². The highest BCUT2D eigenvalue weighted by molar-refractivity contribution is 7.89. The lowest BCUT2D eigenvalue weighted by Gasteiger charge is -2.11. The second-order valence-corrected chi connectivity index (χ2v) is 9.20. The van der Waals surface area contributed by atoms with Crippen LogP contribution >= 0.6 is 0 Å². The molecule has 0 fully saturated rings. The Morgan fingerprint density at radius 2 is 1.91 bits per heavy atom. The number of primary sulfonamides is 1. The van der Waals surface area contributed by atoms with Crippen LogP contribution in [0.3, 0.4) is 0 Å². The molecule has 0 aliphatic carbocycles. The molecule has 0 unspecified atom stereocenters. The standard InChI is InChI=1S/C22H22N6O5S/c1-27(2)22(29)14-7-9-16(10-8-14)32-13-19-18(12-24-28(19)3)21-25-20(26-33-21)15-5-4-6-17(11-15)34(23,30)31/h4-12H,13H2,1-3H3,(H2,23,30,31). The number of rotatable bonds is 7. The average Bonchev–Trinajstić information content (AvgIpc) is 3.44. The van der Waals surface area contributed by atoms with Gasteiger partial charge in [-0.2, -0.15) is 10.1 Å². The highest BCUT2D eigenvalue weighted by Gasteiger charge is 2.19. The number of nitrogens with two attached hydrogens (primary N) is 1. The first-order chi connectivity index (χ1) is 16.1. The molecule has 2 aromatic carbocycles. The molecule has 4 aromatic rings. The minimum atomic E-state index is -3.86. The van der Waals surface area contributed by atoms with Gasteiger partial charge in [-0.05, 0) is 36.4 Å². The predicted octanol–water partition coefficient (Wildman–Crippen LogP) is 2.07. The fourth-order valence-electron chi connectivity index (χ4n) is 3.18. The van der Waals surface area contributed by atoms with Crippen molar-refractivity contribution in [3.8, 4) is 28.6 Å². The van der Waals surface area contributed by atoms with E-state index in [4.69, 9.17) is 14.4 Å². The number of nitrogens with zero attached hydrogens (tertiary/aromatic N) is 5. The summed E-state index contributed by atoms with van der Waals surface area (Å²) >= 11 is 0. The minimum absolute atomic E-state index is 0.0508. The summed E-state index contributed by atoms with van der Waals surface area (Å²) in [4.78, 5) is 17.9. The van der Waals surface area contributed by atoms with Crippen LogP contribution in [0.4, 0.5) is 0 Å². The summed E-state index contributed by atoms with van der Waals surface area (Å²) in [5.41, 5.74) is 2.25. The number of hydrogen-bond acceptors (Lipinski definition) is 8. The van der Waals surface area contributed by atoms with Crippen LogP contribution in [0.15, 0.2) is 64.1 Å². The van der Waals surface area contributed by atoms with Crippen molar-refractivity contribution in [1.29, 1.82) is 0 Å². The molecule has 2 aromatic heterocycles. The quantitative estimate of drug-likeness (QED) is 0.421. The van der Waals surface area contributed by atoms with Crippen LogP contribution in [0, 0.1) is 0 Å². The van der Waals surface area contributed by atoms with Gasteiger partial charge in [0, 0.05) is 32.3 Å². The molecular weight excluding hydrogens is 460 g/mol. The van der Waals surface area contributed by atoms with Crippen LogP contribution in [0.5, 0.6) is 5.75 Å². The Balaban J connectivity index is 1.54. The molecule has 2 heterocycles. The number of aryl methyl sites for hydroxylation is 1. The maximum absolute atomic E-state index is 12.0. The molecule has 11 nitrogen and oxygen atoms in total. The first kappa shape index (κ1) is 23.1. The van der Waals surface area contributed by atoms with Crippen molar-refractivity contribution in [2.45, 2.75) is 11.5 Å². The molecule has 0 saturated heterocycles. The van der Waals surface area contributed by atoms with Crippen LogP contribution in [0.1, 0.15) is 16.1 Å². The largest absolute Gasteiger partial charge is 0.487 e. The SMILES string of the molecule is CN(C)C(=O)c1ccc(OCc2c(-c3nc(-c4cccc(S(N)(=O)=O)c4)no3)cnn2C)cc1. The fourth-order valence-corrected chi connectivity index (χ4v) is 3.74. The van der Waals surface area contributed by atoms with Gasteiger partial charge in [-0.15, -0.1) is 0 Å². The zero-order valence-electron chi connectivity index (χ0n) is 18.7. The van der Waals surface area contributed by atoms with Gasteiger partial charge in [0.15, 0.2) is 0 Å². The zero-order chi connectivity index (χ0) is 24.5. The van der Waals surface area contributed by atoms with Crippen LogP contribution in [0.25, 0.3) is 22.8 Å². The van der Waals surface area contributed by atoms with Crippen LogP contribution in [-0.4, -0.2) is 53.2 Å². The second kappa shape index (κ2) is 9.08. The number of ether oxygens (including phenoxy) is 1. The van der Waals surface area contributed by atoms with E-state index in [0.717, 1.165) is 0 Å². The van der Waals surface area contributed by atoms with Crippen molar-refractivity contribution in [2.24, 2.45) is 12.2 Å². The van der Waals surface area contributed by atoms with Crippen LogP contribution in [-0.2, 0) is 23.7 Å². The number of aromatic nitrogens is 4. The van der Waals surface area contributed by atoms with Crippen molar-refractivity contribution in [3.05, 3.63) is 66.0 Å². The molecular formula is C22H22N6O5S. The Kier molecular flexibility index (Phi) is 6.18. The summed E-state index contributed by atoms with van der Waals surface area (Å²) in [6.07, 6.45) is 1.58. The highest BCUT2D eigenvalue weighted by Crippen LogP contribution is 2.27. The van der Waals surface area contributed by atoms with Gasteiger partial charge < -0.3 is 14.2 Å². The number of carbonyl (C=O) groups is 1. The Bertz CT molecular complexity index is 1440. The third-order valence-electron chi connectivity index (χ3n) is 5.02. The van der Waals surface area contributed by atoms with Crippen LogP contribution < -0.4 is 9.88 Å². The predicted molar refractivity (Wildman–Crippen MR) is 122 cm³/mol. The molecule has 2 N–H and O–H groups in total. The van der Waals surface area contributed by atoms with Crippen molar-refractivity contribution in [2.75, 3.05) is 14.1 Å². The third kappa shape index (κ3) is 4.82. The summed E-state index contributed by atoms with van der Waals surface area (Å²) in [5.74, 6) is 0.891. The molecule has 0 atom stereocenters. The fraction of sp³-hybridized carbons (Fsp3) is 0.182. The van der Waals surface area contributed by atoms with E-state index in [9.17, 15) is 13.2 Å². The Hall–Kier alpha value is -4.03. The molecule has 0 aliphatic rings. The first-order valence-electron chi connectivity index (χ1n) is 10.1. The Morgan fingerprint density at radius 3 is 2.59 bits per heavy atom. The van der Waals surface area contributed by atoms with Crippen molar-refractivity contribution in [3.63, 3.8) is 0 Å². The van der Waals surface area contributed by atoms with Gasteiger partial charge in [-0.25, -0.2) is 13.6 Å². The second-order valence-electron chi connectivity index (χ2n) is 7.64. The number of amides is 1. The summed E-state index contributed by atoms with van der Waals surface area (Å²) in [7, 11) is 1.27. The molecule has 0 spiro atoms. The maximum atomic E-state index is 12.0. The number of hydrogen-bond donors (Lipinski definition) is 1. The van der Waals surface area contributed by atoms with Gasteiger partial charge in [-0.3, -0.25) is 9.48 Å². The molecule has 4 rings (SSSR count). The van der Waals surface area contributed by atoms with E-state index in [1.807, 2.05) is 0 Å². The lowest BCUT2D eigenvalue weighted by Crippen LogP contribution is -2.21. The van der Waals surface area contributed by atoms with Gasteiger partial charge in [0.05, 0.1) is 22.3 Å². The van der Waals surface area contributed by atoms with Gasteiger partial charge >= 0.3 is 0 Å². The molecule has 1 amide bonds. The van der Waals surface area contributed by atoms with Crippen molar-refractivity contribution < 1.29 is 22.5 Å². The first-order valence-corrected chi connectivity index (χ1v) is 11.6. The maximum Gasteiger partial charge on any atom is 0.261 e. The molecule has 0 aliphatic heterocycles. The van der Waals surface area contributed by atoms with Crippen molar-refractivity contribution in [1.82, 2.24) is 24.8 Å². The summed E-state index contributed by atoms with van der Waals surface area (Å²) in [6, 6.07) is 12.8. The average molecular weight is 483 g/mol. The molecule has 0 radical (unpaired) electrons. The van der Waals surface area contributed by atoms with E-state index in [-0.39, 0.29) is 29.1 Å². The molecule has 176 valence electrons. The lowest BCUT2D eigenvalue weighted by molar-refractivity contribution is 0.0827. The Morgan fingerprint density at radius 1 is 1.18 bits per heavy atom. The van der Waals surface area contributed by atoms with Gasteiger partial charge in [0.2, 0.25) is 15.8 Å². The van der Waals surface area contributed by atoms with E-state index < -0.39 is 10.0 Å². The molecule has 0 bridgehead atoms.